The first-order valence-corrected chi connectivity index (χ1v) is 13.5. The van der Waals surface area contributed by atoms with Crippen LogP contribution in [0.4, 0.5) is 38.5 Å². The number of hydrogen-bond acceptors (Lipinski definition) is 8. The Hall–Kier alpha value is -4.70. The Morgan fingerprint density at radius 2 is 1.84 bits per heavy atom. The molecule has 1 fully saturated rings. The Bertz CT molecular complexity index is 1550. The summed E-state index contributed by atoms with van der Waals surface area (Å²) in [7, 11) is 1.79. The molecular weight excluding hydrogens is 577 g/mol. The van der Waals surface area contributed by atoms with E-state index in [0.29, 0.717) is 49.9 Å². The first-order valence-electron chi connectivity index (χ1n) is 13.5. The predicted molar refractivity (Wildman–Crippen MR) is 145 cm³/mol. The molecule has 4 aromatic heterocycles. The van der Waals surface area contributed by atoms with Crippen LogP contribution in [0.5, 0.6) is 0 Å². The third-order valence-electron chi connectivity index (χ3n) is 6.97. The number of rotatable bonds is 8. The van der Waals surface area contributed by atoms with E-state index in [1.807, 2.05) is 6.92 Å². The van der Waals surface area contributed by atoms with Gasteiger partial charge in [0.25, 0.3) is 0 Å². The van der Waals surface area contributed by atoms with Crippen molar-refractivity contribution in [3.05, 3.63) is 48.8 Å². The molecule has 2 amide bonds. The molecule has 1 aliphatic rings. The van der Waals surface area contributed by atoms with E-state index in [1.165, 1.54) is 6.20 Å². The average molecular weight is 606 g/mol. The van der Waals surface area contributed by atoms with Crippen molar-refractivity contribution in [2.45, 2.75) is 57.4 Å². The lowest BCUT2D eigenvalue weighted by atomic mass is 9.90. The van der Waals surface area contributed by atoms with E-state index in [1.54, 1.807) is 35.2 Å². The number of aromatic nitrogens is 8. The predicted octanol–water partition coefficient (Wildman–Crippen LogP) is 4.90. The number of carbonyl (C=O) groups excluding carboxylic acids is 1. The number of alkyl halides is 5. The first-order chi connectivity index (χ1) is 20.5. The Balaban J connectivity index is 1.30. The van der Waals surface area contributed by atoms with E-state index in [9.17, 15) is 26.7 Å². The molecule has 1 aliphatic carbocycles. The van der Waals surface area contributed by atoms with Crippen LogP contribution < -0.4 is 15.5 Å². The van der Waals surface area contributed by atoms with Gasteiger partial charge < -0.3 is 10.6 Å². The number of halogens is 5. The molecule has 0 atom stereocenters. The minimum absolute atomic E-state index is 0.0875. The van der Waals surface area contributed by atoms with Crippen LogP contribution in [-0.4, -0.2) is 64.2 Å². The maximum Gasteiger partial charge on any atom is 0.420 e. The zero-order valence-corrected chi connectivity index (χ0v) is 23.1. The van der Waals surface area contributed by atoms with Crippen molar-refractivity contribution in [2.24, 2.45) is 7.05 Å². The first kappa shape index (κ1) is 29.8. The molecule has 0 unspecified atom stereocenters. The highest BCUT2D eigenvalue weighted by Gasteiger charge is 2.37. The lowest BCUT2D eigenvalue weighted by molar-refractivity contribution is -0.137. The fourth-order valence-electron chi connectivity index (χ4n) is 4.93. The van der Waals surface area contributed by atoms with Crippen molar-refractivity contribution in [3.63, 3.8) is 0 Å². The maximum atomic E-state index is 13.6. The average Bonchev–Trinajstić information content (AvgIpc) is 3.64. The summed E-state index contributed by atoms with van der Waals surface area (Å²) in [4.78, 5) is 31.4. The summed E-state index contributed by atoms with van der Waals surface area (Å²) >= 11 is 0. The zero-order valence-electron chi connectivity index (χ0n) is 23.1. The van der Waals surface area contributed by atoms with Gasteiger partial charge >= 0.3 is 18.8 Å². The number of amides is 2. The van der Waals surface area contributed by atoms with E-state index in [2.05, 4.69) is 40.8 Å². The quantitative estimate of drug-likeness (QED) is 0.271. The third-order valence-corrected chi connectivity index (χ3v) is 6.97. The smallest absolute Gasteiger partial charge is 0.351 e. The van der Waals surface area contributed by atoms with Gasteiger partial charge in [0.15, 0.2) is 5.82 Å². The van der Waals surface area contributed by atoms with Crippen molar-refractivity contribution in [1.29, 1.82) is 0 Å². The molecule has 43 heavy (non-hydrogen) atoms. The summed E-state index contributed by atoms with van der Waals surface area (Å²) in [5.41, 5.74) is -0.746. The van der Waals surface area contributed by atoms with Gasteiger partial charge in [-0.15, -0.1) is 0 Å². The van der Waals surface area contributed by atoms with E-state index in [0.717, 1.165) is 17.8 Å². The van der Waals surface area contributed by atoms with Gasteiger partial charge in [-0.05, 0) is 38.7 Å². The highest BCUT2D eigenvalue weighted by molar-refractivity contribution is 5.91. The molecule has 0 aromatic carbocycles. The maximum absolute atomic E-state index is 13.6. The summed E-state index contributed by atoms with van der Waals surface area (Å²) in [5.74, 6) is 0.296. The number of urea groups is 1. The molecule has 2 N–H and O–H groups in total. The van der Waals surface area contributed by atoms with Gasteiger partial charge in [0.05, 0.1) is 24.3 Å². The number of carbonyl (C=O) groups is 1. The largest absolute Gasteiger partial charge is 0.420 e. The van der Waals surface area contributed by atoms with Gasteiger partial charge in [-0.25, -0.2) is 24.4 Å². The van der Waals surface area contributed by atoms with E-state index >= 15 is 0 Å². The minimum Gasteiger partial charge on any atom is -0.351 e. The Labute approximate surface area is 242 Å². The summed E-state index contributed by atoms with van der Waals surface area (Å²) in [6.07, 6.45) is 5.45. The molecule has 17 heteroatoms. The van der Waals surface area contributed by atoms with Crippen molar-refractivity contribution in [3.8, 4) is 22.6 Å². The summed E-state index contributed by atoms with van der Waals surface area (Å²) in [6.45, 7) is -0.789. The van der Waals surface area contributed by atoms with E-state index < -0.39 is 24.0 Å². The van der Waals surface area contributed by atoms with Crippen molar-refractivity contribution < 1.29 is 26.7 Å². The Morgan fingerprint density at radius 3 is 2.42 bits per heavy atom. The van der Waals surface area contributed by atoms with E-state index in [-0.39, 0.29) is 34.4 Å². The van der Waals surface area contributed by atoms with Gasteiger partial charge in [0.1, 0.15) is 17.0 Å². The Morgan fingerprint density at radius 1 is 1.07 bits per heavy atom. The number of nitrogens with one attached hydrogen (secondary N) is 2. The second-order valence-corrected chi connectivity index (χ2v) is 9.93. The number of anilines is 2. The van der Waals surface area contributed by atoms with Crippen molar-refractivity contribution >= 4 is 17.8 Å². The van der Waals surface area contributed by atoms with Crippen molar-refractivity contribution in [1.82, 2.24) is 44.8 Å². The monoisotopic (exact) mass is 605 g/mol. The molecule has 0 bridgehead atoms. The second kappa shape index (κ2) is 12.3. The number of aryl methyl sites for hydroxylation is 1. The number of hydrogen-bond donors (Lipinski definition) is 2. The summed E-state index contributed by atoms with van der Waals surface area (Å²) in [6, 6.07) is 0.294. The molecule has 4 aromatic rings. The van der Waals surface area contributed by atoms with Gasteiger partial charge in [-0.3, -0.25) is 14.6 Å². The standard InChI is InChI=1S/C26H28F5N11O/c1-3-32-25(43)42(21-13-33-20(12-34-21)15-10-36-40(2)14-15)17-6-4-16(5-7-17)37-24-35-11-18(26(29,30)31)22(38-24)19-8-9-41(39-19)23(27)28/h8-14,16-17,23H,3-7H2,1-2H3,(H,32,43)(H,35,37,38). The van der Waals surface area contributed by atoms with Crippen LogP contribution in [0.15, 0.2) is 43.2 Å². The molecule has 5 rings (SSSR count). The molecule has 0 saturated heterocycles. The molecule has 4 heterocycles. The molecule has 228 valence electrons. The van der Waals surface area contributed by atoms with Gasteiger partial charge in [-0.1, -0.05) is 0 Å². The summed E-state index contributed by atoms with van der Waals surface area (Å²) < 4.78 is 68.8. The highest BCUT2D eigenvalue weighted by Crippen LogP contribution is 2.36. The molecule has 0 radical (unpaired) electrons. The molecule has 12 nitrogen and oxygen atoms in total. The third kappa shape index (κ3) is 6.70. The van der Waals surface area contributed by atoms with Crippen LogP contribution in [0.3, 0.4) is 0 Å². The van der Waals surface area contributed by atoms with Gasteiger partial charge in [0.2, 0.25) is 5.95 Å². The van der Waals surface area contributed by atoms with Crippen LogP contribution in [0.25, 0.3) is 22.6 Å². The fraction of sp³-hybridized carbons (Fsp3) is 0.423. The molecule has 0 aliphatic heterocycles. The van der Waals surface area contributed by atoms with Crippen LogP contribution in [0.1, 0.15) is 44.7 Å². The van der Waals surface area contributed by atoms with Gasteiger partial charge in [0, 0.05) is 49.8 Å². The normalized spacial score (nSPS) is 17.2. The molecular formula is C26H28F5N11O. The fourth-order valence-corrected chi connectivity index (χ4v) is 4.93. The van der Waals surface area contributed by atoms with Crippen LogP contribution in [-0.2, 0) is 13.2 Å². The topological polar surface area (TPSA) is 132 Å². The SMILES string of the molecule is CCNC(=O)N(c1cnc(-c2cnn(C)c2)cn1)C1CCC(Nc2ncc(C(F)(F)F)c(-c3ccn(C(F)F)n3)n2)CC1. The zero-order chi connectivity index (χ0) is 30.7. The second-order valence-electron chi connectivity index (χ2n) is 9.93. The molecule has 0 spiro atoms. The Kier molecular flexibility index (Phi) is 8.50. The number of nitrogens with zero attached hydrogens (tertiary/aromatic N) is 9. The minimum atomic E-state index is -4.82. The van der Waals surface area contributed by atoms with E-state index in [4.69, 9.17) is 0 Å². The van der Waals surface area contributed by atoms with Crippen molar-refractivity contribution in [2.75, 3.05) is 16.8 Å². The lowest BCUT2D eigenvalue weighted by Gasteiger charge is -2.36. The lowest BCUT2D eigenvalue weighted by Crippen LogP contribution is -2.49. The molecule has 1 saturated carbocycles. The van der Waals surface area contributed by atoms with Crippen LogP contribution in [0, 0.1) is 0 Å². The highest BCUT2D eigenvalue weighted by atomic mass is 19.4. The van der Waals surface area contributed by atoms with Crippen LogP contribution in [0.2, 0.25) is 0 Å². The summed E-state index contributed by atoms with van der Waals surface area (Å²) in [5, 5.41) is 13.5. The van der Waals surface area contributed by atoms with Gasteiger partial charge in [-0.2, -0.15) is 32.1 Å². The van der Waals surface area contributed by atoms with Crippen LogP contribution >= 0.6 is 0 Å².